The molecule has 0 radical (unpaired) electrons. The van der Waals surface area contributed by atoms with E-state index >= 15 is 0 Å². The molecule has 1 aromatic carbocycles. The standard InChI is InChI=1S/C16H20FN3/c1-11-8-16(13(9-18)10-19-11)20(3)12(2)14-6-4-5-7-15(14)17/h4-8,10,12H,9,18H2,1-3H3. The zero-order chi connectivity index (χ0) is 14.7. The van der Waals surface area contributed by atoms with E-state index in [1.165, 1.54) is 6.07 Å². The molecule has 0 saturated heterocycles. The molecular formula is C16H20FN3. The summed E-state index contributed by atoms with van der Waals surface area (Å²) >= 11 is 0. The quantitative estimate of drug-likeness (QED) is 0.930. The lowest BCUT2D eigenvalue weighted by Crippen LogP contribution is -2.24. The van der Waals surface area contributed by atoms with Gasteiger partial charge in [-0.2, -0.15) is 0 Å². The van der Waals surface area contributed by atoms with Gasteiger partial charge in [0.2, 0.25) is 0 Å². The second-order valence-corrected chi connectivity index (χ2v) is 4.97. The number of rotatable bonds is 4. The van der Waals surface area contributed by atoms with Crippen molar-refractivity contribution in [3.63, 3.8) is 0 Å². The summed E-state index contributed by atoms with van der Waals surface area (Å²) in [6, 6.07) is 8.76. The van der Waals surface area contributed by atoms with E-state index in [4.69, 9.17) is 5.73 Å². The number of benzene rings is 1. The van der Waals surface area contributed by atoms with Crippen LogP contribution in [0.4, 0.5) is 10.1 Å². The van der Waals surface area contributed by atoms with Gasteiger partial charge in [-0.1, -0.05) is 18.2 Å². The molecule has 2 aromatic rings. The van der Waals surface area contributed by atoms with Gasteiger partial charge >= 0.3 is 0 Å². The zero-order valence-corrected chi connectivity index (χ0v) is 12.1. The number of halogens is 1. The van der Waals surface area contributed by atoms with Crippen molar-refractivity contribution in [3.05, 3.63) is 59.2 Å². The van der Waals surface area contributed by atoms with E-state index in [1.807, 2.05) is 44.0 Å². The maximum Gasteiger partial charge on any atom is 0.128 e. The van der Waals surface area contributed by atoms with Gasteiger partial charge in [0, 0.05) is 42.3 Å². The third-order valence-electron chi connectivity index (χ3n) is 3.63. The summed E-state index contributed by atoms with van der Waals surface area (Å²) < 4.78 is 13.9. The van der Waals surface area contributed by atoms with E-state index in [0.29, 0.717) is 12.1 Å². The first-order valence-corrected chi connectivity index (χ1v) is 6.67. The maximum absolute atomic E-state index is 13.9. The largest absolute Gasteiger partial charge is 0.367 e. The van der Waals surface area contributed by atoms with Gasteiger partial charge in [-0.05, 0) is 26.0 Å². The van der Waals surface area contributed by atoms with Crippen molar-refractivity contribution < 1.29 is 4.39 Å². The molecule has 2 N–H and O–H groups in total. The normalized spacial score (nSPS) is 12.2. The van der Waals surface area contributed by atoms with Crippen LogP contribution in [0.1, 0.15) is 29.8 Å². The minimum absolute atomic E-state index is 0.0803. The summed E-state index contributed by atoms with van der Waals surface area (Å²) in [4.78, 5) is 6.30. The minimum atomic E-state index is -0.188. The Balaban J connectivity index is 2.38. The van der Waals surface area contributed by atoms with Gasteiger partial charge < -0.3 is 10.6 Å². The number of anilines is 1. The van der Waals surface area contributed by atoms with Crippen LogP contribution in [0.15, 0.2) is 36.5 Å². The van der Waals surface area contributed by atoms with Crippen molar-refractivity contribution in [2.75, 3.05) is 11.9 Å². The highest BCUT2D eigenvalue weighted by Gasteiger charge is 2.18. The zero-order valence-electron chi connectivity index (χ0n) is 12.1. The highest BCUT2D eigenvalue weighted by Crippen LogP contribution is 2.29. The lowest BCUT2D eigenvalue weighted by Gasteiger charge is -2.29. The molecule has 1 aromatic heterocycles. The average molecular weight is 273 g/mol. The van der Waals surface area contributed by atoms with Crippen LogP contribution in [0.5, 0.6) is 0 Å². The van der Waals surface area contributed by atoms with Crippen LogP contribution in [0.3, 0.4) is 0 Å². The first kappa shape index (κ1) is 14.5. The van der Waals surface area contributed by atoms with Gasteiger partial charge in [-0.15, -0.1) is 0 Å². The van der Waals surface area contributed by atoms with E-state index in [-0.39, 0.29) is 11.9 Å². The topological polar surface area (TPSA) is 42.1 Å². The van der Waals surface area contributed by atoms with Crippen molar-refractivity contribution >= 4 is 5.69 Å². The molecule has 0 aliphatic rings. The molecule has 2 rings (SSSR count). The van der Waals surface area contributed by atoms with E-state index in [2.05, 4.69) is 4.98 Å². The second-order valence-electron chi connectivity index (χ2n) is 4.97. The Bertz CT molecular complexity index is 598. The molecule has 1 atom stereocenters. The third-order valence-corrected chi connectivity index (χ3v) is 3.63. The Kier molecular flexibility index (Phi) is 4.35. The van der Waals surface area contributed by atoms with Crippen molar-refractivity contribution in [2.45, 2.75) is 26.4 Å². The Morgan fingerprint density at radius 3 is 2.70 bits per heavy atom. The highest BCUT2D eigenvalue weighted by molar-refractivity contribution is 5.54. The molecule has 3 nitrogen and oxygen atoms in total. The van der Waals surface area contributed by atoms with E-state index in [0.717, 1.165) is 16.9 Å². The summed E-state index contributed by atoms with van der Waals surface area (Å²) in [5.41, 5.74) is 9.32. The van der Waals surface area contributed by atoms with E-state index < -0.39 is 0 Å². The summed E-state index contributed by atoms with van der Waals surface area (Å²) in [7, 11) is 1.95. The van der Waals surface area contributed by atoms with Gasteiger partial charge in [-0.25, -0.2) is 4.39 Å². The maximum atomic E-state index is 13.9. The highest BCUT2D eigenvalue weighted by atomic mass is 19.1. The van der Waals surface area contributed by atoms with Gasteiger partial charge in [0.25, 0.3) is 0 Å². The number of nitrogens with zero attached hydrogens (tertiary/aromatic N) is 2. The molecule has 0 spiro atoms. The molecule has 4 heteroatoms. The molecule has 0 saturated carbocycles. The van der Waals surface area contributed by atoms with Crippen LogP contribution in [-0.2, 0) is 6.54 Å². The summed E-state index contributed by atoms with van der Waals surface area (Å²) in [6.07, 6.45) is 1.79. The van der Waals surface area contributed by atoms with Crippen LogP contribution in [0, 0.1) is 12.7 Å². The molecular weight excluding hydrogens is 253 g/mol. The number of nitrogens with two attached hydrogens (primary N) is 1. The summed E-state index contributed by atoms with van der Waals surface area (Å²) in [6.45, 7) is 4.33. The smallest absolute Gasteiger partial charge is 0.128 e. The lowest BCUT2D eigenvalue weighted by atomic mass is 10.0. The molecule has 0 aliphatic carbocycles. The van der Waals surface area contributed by atoms with Crippen LogP contribution in [0.2, 0.25) is 0 Å². The molecule has 20 heavy (non-hydrogen) atoms. The fraction of sp³-hybridized carbons (Fsp3) is 0.312. The van der Waals surface area contributed by atoms with E-state index in [9.17, 15) is 4.39 Å². The molecule has 0 aliphatic heterocycles. The summed E-state index contributed by atoms with van der Waals surface area (Å²) in [5.74, 6) is -0.188. The number of pyridine rings is 1. The van der Waals surface area contributed by atoms with Crippen molar-refractivity contribution in [2.24, 2.45) is 5.73 Å². The van der Waals surface area contributed by atoms with Crippen LogP contribution < -0.4 is 10.6 Å². The second kappa shape index (κ2) is 6.01. The Hall–Kier alpha value is -1.94. The van der Waals surface area contributed by atoms with Gasteiger partial charge in [0.05, 0.1) is 6.04 Å². The first-order chi connectivity index (χ1) is 9.54. The lowest BCUT2D eigenvalue weighted by molar-refractivity contribution is 0.585. The fourth-order valence-corrected chi connectivity index (χ4v) is 2.29. The predicted molar refractivity (Wildman–Crippen MR) is 80.1 cm³/mol. The van der Waals surface area contributed by atoms with Crippen LogP contribution in [0.25, 0.3) is 0 Å². The monoisotopic (exact) mass is 273 g/mol. The Morgan fingerprint density at radius 2 is 2.05 bits per heavy atom. The fourth-order valence-electron chi connectivity index (χ4n) is 2.29. The minimum Gasteiger partial charge on any atom is -0.367 e. The molecule has 106 valence electrons. The number of hydrogen-bond donors (Lipinski definition) is 1. The van der Waals surface area contributed by atoms with Gasteiger partial charge in [-0.3, -0.25) is 4.98 Å². The van der Waals surface area contributed by atoms with Crippen molar-refractivity contribution in [1.82, 2.24) is 4.98 Å². The van der Waals surface area contributed by atoms with E-state index in [1.54, 1.807) is 12.3 Å². The molecule has 1 heterocycles. The molecule has 0 fully saturated rings. The molecule has 1 unspecified atom stereocenters. The number of aryl methyl sites for hydroxylation is 1. The number of aromatic nitrogens is 1. The predicted octanol–water partition coefficient (Wildman–Crippen LogP) is 3.19. The van der Waals surface area contributed by atoms with Crippen molar-refractivity contribution in [1.29, 1.82) is 0 Å². The Labute approximate surface area is 119 Å². The average Bonchev–Trinajstić information content (AvgIpc) is 2.46. The molecule has 0 amide bonds. The van der Waals surface area contributed by atoms with Crippen molar-refractivity contribution in [3.8, 4) is 0 Å². The summed E-state index contributed by atoms with van der Waals surface area (Å²) in [5, 5.41) is 0. The van der Waals surface area contributed by atoms with Gasteiger partial charge in [0.15, 0.2) is 0 Å². The molecule has 0 bridgehead atoms. The Morgan fingerprint density at radius 1 is 1.35 bits per heavy atom. The van der Waals surface area contributed by atoms with Gasteiger partial charge in [0.1, 0.15) is 5.82 Å². The third kappa shape index (κ3) is 2.80. The first-order valence-electron chi connectivity index (χ1n) is 6.67. The van der Waals surface area contributed by atoms with Crippen LogP contribution in [-0.4, -0.2) is 12.0 Å². The number of hydrogen-bond acceptors (Lipinski definition) is 3. The SMILES string of the molecule is Cc1cc(N(C)C(C)c2ccccc2F)c(CN)cn1. The van der Waals surface area contributed by atoms with Crippen LogP contribution >= 0.6 is 0 Å².